The van der Waals surface area contributed by atoms with E-state index in [1.165, 1.54) is 56.9 Å². The molecule has 1 heterocycles. The minimum atomic E-state index is -0.277. The zero-order valence-corrected chi connectivity index (χ0v) is 17.3. The summed E-state index contributed by atoms with van der Waals surface area (Å²) >= 11 is 0. The molecule has 27 heavy (non-hydrogen) atoms. The first-order chi connectivity index (χ1) is 12.9. The molecule has 4 aliphatic carbocycles. The van der Waals surface area contributed by atoms with Gasteiger partial charge >= 0.3 is 0 Å². The van der Waals surface area contributed by atoms with E-state index in [0.717, 1.165) is 29.7 Å². The highest BCUT2D eigenvalue weighted by Gasteiger charge is 2.60. The number of hydrogen-bond donors (Lipinski definition) is 1. The molecule has 3 heteroatoms. The van der Waals surface area contributed by atoms with Gasteiger partial charge in [-0.15, -0.1) is 0 Å². The highest BCUT2D eigenvalue weighted by Crippen LogP contribution is 2.66. The van der Waals surface area contributed by atoms with Crippen LogP contribution in [0, 0.1) is 34.5 Å². The van der Waals surface area contributed by atoms with E-state index in [1.807, 2.05) is 17.9 Å². The molecular formula is C24H36N2O. The fraction of sp³-hybridized carbons (Fsp3) is 0.792. The monoisotopic (exact) mass is 368 g/mol. The summed E-state index contributed by atoms with van der Waals surface area (Å²) in [4.78, 5) is 0. The third kappa shape index (κ3) is 2.60. The van der Waals surface area contributed by atoms with Crippen molar-refractivity contribution < 1.29 is 5.11 Å². The lowest BCUT2D eigenvalue weighted by atomic mass is 9.45. The number of hydrogen-bond acceptors (Lipinski definition) is 2. The molecule has 4 saturated carbocycles. The van der Waals surface area contributed by atoms with Gasteiger partial charge in [-0.05, 0) is 79.6 Å². The molecule has 0 aliphatic heterocycles. The second kappa shape index (κ2) is 6.20. The Morgan fingerprint density at radius 2 is 1.93 bits per heavy atom. The van der Waals surface area contributed by atoms with E-state index in [9.17, 15) is 5.11 Å². The van der Waals surface area contributed by atoms with Crippen LogP contribution in [0.25, 0.3) is 6.08 Å². The summed E-state index contributed by atoms with van der Waals surface area (Å²) in [7, 11) is 1.96. The molecule has 0 saturated heterocycles. The van der Waals surface area contributed by atoms with E-state index < -0.39 is 0 Å². The predicted octanol–water partition coefficient (Wildman–Crippen LogP) is 5.21. The number of fused-ring (bicyclic) bond motifs is 5. The molecule has 4 aliphatic rings. The Morgan fingerprint density at radius 1 is 1.07 bits per heavy atom. The molecule has 5 rings (SSSR count). The molecule has 0 radical (unpaired) electrons. The fourth-order valence-electron chi connectivity index (χ4n) is 8.02. The summed E-state index contributed by atoms with van der Waals surface area (Å²) in [5.41, 5.74) is 3.04. The first-order valence-electron chi connectivity index (χ1n) is 11.3. The number of aryl methyl sites for hydroxylation is 1. The Bertz CT molecular complexity index is 751. The molecule has 1 aromatic heterocycles. The molecule has 0 amide bonds. The van der Waals surface area contributed by atoms with Gasteiger partial charge in [-0.2, -0.15) is 5.10 Å². The Hall–Kier alpha value is -1.09. The van der Waals surface area contributed by atoms with Crippen molar-refractivity contribution in [1.29, 1.82) is 0 Å². The summed E-state index contributed by atoms with van der Waals surface area (Å²) in [6.07, 6.45) is 18.2. The van der Waals surface area contributed by atoms with Crippen molar-refractivity contribution in [1.82, 2.24) is 9.78 Å². The summed E-state index contributed by atoms with van der Waals surface area (Å²) < 4.78 is 1.85. The standard InChI is InChI=1S/C24H36N2O/c1-23-10-5-4-6-18(23)7-8-19-20(23)9-11-24(2)21(19)13-17(22(24)27)12-16-14-25-26(3)15-16/h12,14-15,18-22,27H,4-11,13H2,1-3H3. The van der Waals surface area contributed by atoms with E-state index in [2.05, 4.69) is 31.2 Å². The first kappa shape index (κ1) is 18.0. The van der Waals surface area contributed by atoms with Crippen LogP contribution >= 0.6 is 0 Å². The number of aliphatic hydroxyl groups excluding tert-OH is 1. The van der Waals surface area contributed by atoms with Crippen LogP contribution in [0.5, 0.6) is 0 Å². The van der Waals surface area contributed by atoms with Gasteiger partial charge in [-0.3, -0.25) is 4.68 Å². The topological polar surface area (TPSA) is 38.0 Å². The van der Waals surface area contributed by atoms with Gasteiger partial charge in [0, 0.05) is 24.2 Å². The van der Waals surface area contributed by atoms with Gasteiger partial charge in [0.15, 0.2) is 0 Å². The third-order valence-electron chi connectivity index (χ3n) is 9.53. The first-order valence-corrected chi connectivity index (χ1v) is 11.3. The maximum absolute atomic E-state index is 11.3. The molecule has 0 bridgehead atoms. The fourth-order valence-corrected chi connectivity index (χ4v) is 8.02. The maximum atomic E-state index is 11.3. The minimum absolute atomic E-state index is 0.0765. The van der Waals surface area contributed by atoms with E-state index in [1.54, 1.807) is 0 Å². The average Bonchev–Trinajstić information content (AvgIpc) is 3.16. The lowest BCUT2D eigenvalue weighted by molar-refractivity contribution is -0.119. The Balaban J connectivity index is 1.45. The van der Waals surface area contributed by atoms with E-state index in [-0.39, 0.29) is 11.5 Å². The van der Waals surface area contributed by atoms with Crippen molar-refractivity contribution in [3.8, 4) is 0 Å². The molecular weight excluding hydrogens is 332 g/mol. The average molecular weight is 369 g/mol. The van der Waals surface area contributed by atoms with Crippen LogP contribution < -0.4 is 0 Å². The normalized spacial score (nSPS) is 48.1. The van der Waals surface area contributed by atoms with E-state index in [4.69, 9.17) is 0 Å². The summed E-state index contributed by atoms with van der Waals surface area (Å²) in [5, 5.41) is 15.6. The Morgan fingerprint density at radius 3 is 2.70 bits per heavy atom. The summed E-state index contributed by atoms with van der Waals surface area (Å²) in [6, 6.07) is 0. The zero-order valence-electron chi connectivity index (χ0n) is 17.3. The molecule has 3 nitrogen and oxygen atoms in total. The number of nitrogens with zero attached hydrogens (tertiary/aromatic N) is 2. The van der Waals surface area contributed by atoms with Crippen LogP contribution in [0.15, 0.2) is 18.0 Å². The molecule has 7 unspecified atom stereocenters. The van der Waals surface area contributed by atoms with E-state index in [0.29, 0.717) is 11.3 Å². The van der Waals surface area contributed by atoms with Crippen LogP contribution in [-0.2, 0) is 7.05 Å². The molecule has 0 spiro atoms. The molecule has 1 N–H and O–H groups in total. The van der Waals surface area contributed by atoms with Gasteiger partial charge in [-0.25, -0.2) is 0 Å². The number of rotatable bonds is 1. The van der Waals surface area contributed by atoms with Crippen molar-refractivity contribution in [3.63, 3.8) is 0 Å². The zero-order chi connectivity index (χ0) is 18.8. The van der Waals surface area contributed by atoms with Crippen LogP contribution in [0.4, 0.5) is 0 Å². The van der Waals surface area contributed by atoms with Gasteiger partial charge in [0.1, 0.15) is 0 Å². The third-order valence-corrected chi connectivity index (χ3v) is 9.53. The van der Waals surface area contributed by atoms with Crippen LogP contribution in [0.3, 0.4) is 0 Å². The molecule has 0 aromatic carbocycles. The van der Waals surface area contributed by atoms with Crippen molar-refractivity contribution in [3.05, 3.63) is 23.5 Å². The maximum Gasteiger partial charge on any atom is 0.0809 e. The second-order valence-corrected chi connectivity index (χ2v) is 10.7. The SMILES string of the molecule is Cn1cc(C=C2CC3C4CCC5CCCCC5(C)C4CCC3(C)C2O)cn1. The quantitative estimate of drug-likeness (QED) is 0.739. The van der Waals surface area contributed by atoms with Crippen molar-refractivity contribution >= 4 is 6.08 Å². The van der Waals surface area contributed by atoms with E-state index >= 15 is 0 Å². The molecule has 4 fully saturated rings. The lowest BCUT2D eigenvalue weighted by Crippen LogP contribution is -2.53. The highest BCUT2D eigenvalue weighted by atomic mass is 16.3. The highest BCUT2D eigenvalue weighted by molar-refractivity contribution is 5.54. The van der Waals surface area contributed by atoms with Gasteiger partial charge in [-0.1, -0.05) is 32.8 Å². The lowest BCUT2D eigenvalue weighted by Gasteiger charge is -2.60. The Labute approximate surface area is 164 Å². The summed E-state index contributed by atoms with van der Waals surface area (Å²) in [5.74, 6) is 3.33. The van der Waals surface area contributed by atoms with Gasteiger partial charge < -0.3 is 5.11 Å². The van der Waals surface area contributed by atoms with Crippen molar-refractivity contribution in [2.45, 2.75) is 77.7 Å². The number of aliphatic hydroxyl groups is 1. The second-order valence-electron chi connectivity index (χ2n) is 10.7. The van der Waals surface area contributed by atoms with Gasteiger partial charge in [0.25, 0.3) is 0 Å². The molecule has 1 aromatic rings. The van der Waals surface area contributed by atoms with Crippen LogP contribution in [0.1, 0.15) is 77.2 Å². The number of aromatic nitrogens is 2. The minimum Gasteiger partial charge on any atom is -0.388 e. The largest absolute Gasteiger partial charge is 0.388 e. The Kier molecular flexibility index (Phi) is 4.13. The van der Waals surface area contributed by atoms with Crippen LogP contribution in [0.2, 0.25) is 0 Å². The van der Waals surface area contributed by atoms with Gasteiger partial charge in [0.2, 0.25) is 0 Å². The van der Waals surface area contributed by atoms with Crippen molar-refractivity contribution in [2.75, 3.05) is 0 Å². The summed E-state index contributed by atoms with van der Waals surface area (Å²) in [6.45, 7) is 5.02. The van der Waals surface area contributed by atoms with Crippen LogP contribution in [-0.4, -0.2) is 21.0 Å². The molecule has 7 atom stereocenters. The van der Waals surface area contributed by atoms with Gasteiger partial charge in [0.05, 0.1) is 12.3 Å². The smallest absolute Gasteiger partial charge is 0.0809 e. The molecule has 148 valence electrons. The predicted molar refractivity (Wildman–Crippen MR) is 109 cm³/mol. The van der Waals surface area contributed by atoms with Crippen molar-refractivity contribution in [2.24, 2.45) is 41.5 Å².